The van der Waals surface area contributed by atoms with E-state index in [2.05, 4.69) is 23.2 Å². The molecule has 0 aliphatic heterocycles. The normalized spacial score (nSPS) is 12.6. The van der Waals surface area contributed by atoms with Crippen LogP contribution in [0.15, 0.2) is 94.8 Å². The highest BCUT2D eigenvalue weighted by Crippen LogP contribution is 2.43. The number of fused-ring (bicyclic) bond motifs is 3. The minimum absolute atomic E-state index is 0.0537. The number of benzene rings is 4. The topological polar surface area (TPSA) is 98.5 Å². The summed E-state index contributed by atoms with van der Waals surface area (Å²) < 4.78 is 62.9. The van der Waals surface area contributed by atoms with Gasteiger partial charge in [-0.05, 0) is 63.1 Å². The van der Waals surface area contributed by atoms with Gasteiger partial charge in [-0.1, -0.05) is 72.8 Å². The Morgan fingerprint density at radius 3 is 2.27 bits per heavy atom. The smallest absolute Gasteiger partial charge is 0.370 e. The van der Waals surface area contributed by atoms with Crippen molar-refractivity contribution in [3.8, 4) is 22.3 Å². The second-order valence-corrected chi connectivity index (χ2v) is 10.8. The van der Waals surface area contributed by atoms with Crippen molar-refractivity contribution in [3.63, 3.8) is 0 Å². The Kier molecular flexibility index (Phi) is 6.03. The van der Waals surface area contributed by atoms with E-state index in [1.54, 1.807) is 18.2 Å². The SMILES string of the molecule is NC(N)=Nc1c(Cc2cccc(-c3cccc(S(=O)(=O)C(F)(F)F)c3)c2)ccc2c1Cc1ccccc1-2. The van der Waals surface area contributed by atoms with Crippen molar-refractivity contribution in [2.75, 3.05) is 0 Å². The van der Waals surface area contributed by atoms with Crippen LogP contribution < -0.4 is 11.5 Å². The second-order valence-electron chi connectivity index (χ2n) is 8.82. The molecule has 0 radical (unpaired) electrons. The van der Waals surface area contributed by atoms with Crippen LogP contribution in [0, 0.1) is 0 Å². The molecule has 1 aliphatic carbocycles. The van der Waals surface area contributed by atoms with E-state index in [-0.39, 0.29) is 5.96 Å². The number of halogens is 3. The van der Waals surface area contributed by atoms with Crippen LogP contribution in [-0.4, -0.2) is 19.9 Å². The quantitative estimate of drug-likeness (QED) is 0.229. The molecule has 0 fully saturated rings. The van der Waals surface area contributed by atoms with Gasteiger partial charge in [0.15, 0.2) is 5.96 Å². The van der Waals surface area contributed by atoms with E-state index in [4.69, 9.17) is 11.5 Å². The van der Waals surface area contributed by atoms with Crippen LogP contribution in [0.3, 0.4) is 0 Å². The monoisotopic (exact) mass is 521 g/mol. The van der Waals surface area contributed by atoms with Crippen LogP contribution in [0.4, 0.5) is 18.9 Å². The maximum Gasteiger partial charge on any atom is 0.501 e. The van der Waals surface area contributed by atoms with E-state index in [1.807, 2.05) is 30.3 Å². The van der Waals surface area contributed by atoms with Crippen molar-refractivity contribution in [1.29, 1.82) is 0 Å². The summed E-state index contributed by atoms with van der Waals surface area (Å²) in [6, 6.07) is 24.2. The Hall–Kier alpha value is -4.11. The van der Waals surface area contributed by atoms with Crippen LogP contribution in [-0.2, 0) is 22.7 Å². The van der Waals surface area contributed by atoms with Gasteiger partial charge in [0, 0.05) is 6.42 Å². The van der Waals surface area contributed by atoms with Gasteiger partial charge in [-0.3, -0.25) is 0 Å². The molecule has 4 aromatic carbocycles. The molecule has 0 saturated heterocycles. The molecule has 5 rings (SSSR count). The average Bonchev–Trinajstić information content (AvgIpc) is 3.24. The van der Waals surface area contributed by atoms with E-state index >= 15 is 0 Å². The number of hydrogen-bond acceptors (Lipinski definition) is 3. The third-order valence-electron chi connectivity index (χ3n) is 6.39. The van der Waals surface area contributed by atoms with Gasteiger partial charge in [0.25, 0.3) is 9.84 Å². The Morgan fingerprint density at radius 2 is 1.54 bits per heavy atom. The molecule has 37 heavy (non-hydrogen) atoms. The van der Waals surface area contributed by atoms with Gasteiger partial charge in [-0.2, -0.15) is 13.2 Å². The van der Waals surface area contributed by atoms with E-state index in [0.717, 1.165) is 39.9 Å². The highest BCUT2D eigenvalue weighted by Gasteiger charge is 2.46. The standard InChI is InChI=1S/C28H22F3N3O2S/c29-28(30,31)37(35,36)22-9-4-8-19(15-22)18-7-3-5-17(13-18)14-21-11-12-24-23-10-2-1-6-20(23)16-25(24)26(21)34-27(32)33/h1-13,15H,14,16H2,(H4,32,33,34). The van der Waals surface area contributed by atoms with Crippen molar-refractivity contribution in [1.82, 2.24) is 0 Å². The van der Waals surface area contributed by atoms with Gasteiger partial charge in [0.05, 0.1) is 10.6 Å². The van der Waals surface area contributed by atoms with Gasteiger partial charge in [0.1, 0.15) is 0 Å². The fourth-order valence-electron chi connectivity index (χ4n) is 4.71. The lowest BCUT2D eigenvalue weighted by Gasteiger charge is -2.13. The molecule has 0 saturated carbocycles. The maximum absolute atomic E-state index is 13.1. The predicted octanol–water partition coefficient (Wildman–Crippen LogP) is 5.71. The highest BCUT2D eigenvalue weighted by atomic mass is 32.2. The maximum atomic E-state index is 13.1. The fourth-order valence-corrected chi connectivity index (χ4v) is 5.52. The number of guanidine groups is 1. The Labute approximate surface area is 212 Å². The van der Waals surface area contributed by atoms with E-state index in [9.17, 15) is 21.6 Å². The first kappa shape index (κ1) is 24.6. The number of nitrogens with zero attached hydrogens (tertiary/aromatic N) is 1. The van der Waals surface area contributed by atoms with Gasteiger partial charge >= 0.3 is 5.51 Å². The minimum atomic E-state index is -5.45. The van der Waals surface area contributed by atoms with Crippen molar-refractivity contribution >= 4 is 21.5 Å². The summed E-state index contributed by atoms with van der Waals surface area (Å²) in [5.74, 6) is -0.0537. The minimum Gasteiger partial charge on any atom is -0.370 e. The molecule has 0 unspecified atom stereocenters. The lowest BCUT2D eigenvalue weighted by molar-refractivity contribution is -0.0436. The summed E-state index contributed by atoms with van der Waals surface area (Å²) in [7, 11) is -5.45. The largest absolute Gasteiger partial charge is 0.501 e. The fraction of sp³-hybridized carbons (Fsp3) is 0.107. The Bertz CT molecular complexity index is 1660. The first-order valence-corrected chi connectivity index (χ1v) is 12.9. The average molecular weight is 522 g/mol. The first-order valence-electron chi connectivity index (χ1n) is 11.4. The van der Waals surface area contributed by atoms with E-state index in [1.165, 1.54) is 11.6 Å². The number of aliphatic imine (C=N–C) groups is 1. The molecule has 4 aromatic rings. The molecule has 0 heterocycles. The summed E-state index contributed by atoms with van der Waals surface area (Å²) in [6.45, 7) is 0. The zero-order chi connectivity index (χ0) is 26.4. The van der Waals surface area contributed by atoms with Crippen LogP contribution in [0.1, 0.15) is 22.3 Å². The molecule has 0 aromatic heterocycles. The van der Waals surface area contributed by atoms with Crippen LogP contribution >= 0.6 is 0 Å². The lowest BCUT2D eigenvalue weighted by Crippen LogP contribution is -2.23. The van der Waals surface area contributed by atoms with Crippen LogP contribution in [0.2, 0.25) is 0 Å². The lowest BCUT2D eigenvalue weighted by atomic mass is 9.95. The molecular formula is C28H22F3N3O2S. The Morgan fingerprint density at radius 1 is 0.838 bits per heavy atom. The third-order valence-corrected chi connectivity index (χ3v) is 7.87. The number of hydrogen-bond donors (Lipinski definition) is 2. The van der Waals surface area contributed by atoms with E-state index < -0.39 is 20.2 Å². The number of alkyl halides is 3. The third kappa shape index (κ3) is 4.58. The number of sulfone groups is 1. The van der Waals surface area contributed by atoms with Crippen molar-refractivity contribution in [2.24, 2.45) is 16.5 Å². The van der Waals surface area contributed by atoms with Gasteiger partial charge < -0.3 is 11.5 Å². The first-order chi connectivity index (χ1) is 17.5. The van der Waals surface area contributed by atoms with E-state index in [0.29, 0.717) is 29.7 Å². The molecule has 0 amide bonds. The molecule has 188 valence electrons. The molecule has 1 aliphatic rings. The summed E-state index contributed by atoms with van der Waals surface area (Å²) in [5.41, 5.74) is 14.0. The van der Waals surface area contributed by atoms with Crippen LogP contribution in [0.25, 0.3) is 22.3 Å². The van der Waals surface area contributed by atoms with Crippen molar-refractivity contribution in [3.05, 3.63) is 107 Å². The molecular weight excluding hydrogens is 499 g/mol. The summed E-state index contributed by atoms with van der Waals surface area (Å²) >= 11 is 0. The summed E-state index contributed by atoms with van der Waals surface area (Å²) in [6.07, 6.45) is 1.16. The Balaban J connectivity index is 1.52. The molecule has 0 bridgehead atoms. The predicted molar refractivity (Wildman–Crippen MR) is 138 cm³/mol. The van der Waals surface area contributed by atoms with Gasteiger partial charge in [-0.25, -0.2) is 13.4 Å². The molecule has 0 atom stereocenters. The molecule has 9 heteroatoms. The van der Waals surface area contributed by atoms with Gasteiger partial charge in [0.2, 0.25) is 0 Å². The zero-order valence-corrected chi connectivity index (χ0v) is 20.3. The van der Waals surface area contributed by atoms with Crippen molar-refractivity contribution < 1.29 is 21.6 Å². The highest BCUT2D eigenvalue weighted by molar-refractivity contribution is 7.92. The molecule has 0 spiro atoms. The summed E-state index contributed by atoms with van der Waals surface area (Å²) in [4.78, 5) is 3.66. The second kappa shape index (κ2) is 9.08. The van der Waals surface area contributed by atoms with Crippen LogP contribution in [0.5, 0.6) is 0 Å². The number of rotatable bonds is 5. The zero-order valence-electron chi connectivity index (χ0n) is 19.5. The molecule has 4 N–H and O–H groups in total. The molecule has 5 nitrogen and oxygen atoms in total. The summed E-state index contributed by atoms with van der Waals surface area (Å²) in [5, 5.41) is 0. The van der Waals surface area contributed by atoms with Crippen molar-refractivity contribution in [2.45, 2.75) is 23.2 Å². The number of nitrogens with two attached hydrogens (primary N) is 2. The van der Waals surface area contributed by atoms with Gasteiger partial charge in [-0.15, -0.1) is 0 Å².